The minimum Gasteiger partial charge on any atom is -0.413 e. The number of aromatic nitrogens is 3. The maximum absolute atomic E-state index is 13.9. The Bertz CT molecular complexity index is 1380. The highest BCUT2D eigenvalue weighted by Gasteiger charge is 2.32. The Kier molecular flexibility index (Phi) is 8.79. The number of anilines is 1. The Labute approximate surface area is 216 Å². The van der Waals surface area contributed by atoms with Gasteiger partial charge in [0.2, 0.25) is 0 Å². The zero-order valence-electron chi connectivity index (χ0n) is 21.6. The molecule has 4 rings (SSSR count). The maximum Gasteiger partial charge on any atom is 0.459 e. The number of hydrogen-bond donors (Lipinski definition) is 2. The molecular weight excluding hydrogens is 493 g/mol. The fraction of sp³-hybridized carbons (Fsp3) is 0.385. The van der Waals surface area contributed by atoms with Crippen molar-refractivity contribution in [1.29, 1.82) is 0 Å². The summed E-state index contributed by atoms with van der Waals surface area (Å²) in [6.45, 7) is 7.10. The second-order valence-electron chi connectivity index (χ2n) is 8.79. The molecule has 0 radical (unpaired) electrons. The van der Waals surface area contributed by atoms with Crippen LogP contribution in [0.25, 0.3) is 21.9 Å². The number of nitrogens with zero attached hydrogens (tertiary/aromatic N) is 3. The van der Waals surface area contributed by atoms with Gasteiger partial charge in [0, 0.05) is 25.1 Å². The van der Waals surface area contributed by atoms with Crippen molar-refractivity contribution in [2.24, 2.45) is 0 Å². The van der Waals surface area contributed by atoms with E-state index in [9.17, 15) is 4.57 Å². The van der Waals surface area contributed by atoms with E-state index in [-0.39, 0.29) is 12.6 Å². The first kappa shape index (κ1) is 27.0. The fourth-order valence-corrected chi connectivity index (χ4v) is 5.90. The van der Waals surface area contributed by atoms with Gasteiger partial charge in [0.25, 0.3) is 0 Å². The summed E-state index contributed by atoms with van der Waals surface area (Å²) < 4.78 is 38.8. The topological polar surface area (TPSA) is 123 Å². The number of fused-ring (bicyclic) bond motifs is 3. The molecule has 3 atom stereocenters. The Balaban J connectivity index is 1.69. The molecule has 2 aromatic heterocycles. The van der Waals surface area contributed by atoms with Gasteiger partial charge in [0.15, 0.2) is 5.82 Å². The minimum absolute atomic E-state index is 0.274. The molecule has 0 saturated heterocycles. The van der Waals surface area contributed by atoms with E-state index in [0.29, 0.717) is 42.7 Å². The number of hydrogen-bond acceptors (Lipinski definition) is 8. The van der Waals surface area contributed by atoms with Crippen LogP contribution in [-0.2, 0) is 31.7 Å². The Morgan fingerprint density at radius 1 is 1.08 bits per heavy atom. The van der Waals surface area contributed by atoms with Crippen molar-refractivity contribution in [3.8, 4) is 5.75 Å². The molecule has 198 valence electrons. The van der Waals surface area contributed by atoms with Crippen LogP contribution in [0.4, 0.5) is 5.82 Å². The number of methoxy groups -OCH3 is 1. The van der Waals surface area contributed by atoms with Crippen LogP contribution in [0.2, 0.25) is 0 Å². The molecule has 2 heterocycles. The zero-order chi connectivity index (χ0) is 26.4. The van der Waals surface area contributed by atoms with Crippen LogP contribution in [0.1, 0.15) is 26.6 Å². The Hall–Kier alpha value is -3.01. The van der Waals surface area contributed by atoms with Crippen molar-refractivity contribution < 1.29 is 23.1 Å². The first-order valence-corrected chi connectivity index (χ1v) is 13.8. The molecule has 0 aliphatic heterocycles. The molecule has 0 fully saturated rings. The predicted molar refractivity (Wildman–Crippen MR) is 144 cm³/mol. The third-order valence-electron chi connectivity index (χ3n) is 5.65. The van der Waals surface area contributed by atoms with Gasteiger partial charge in [0.05, 0.1) is 30.3 Å². The number of benzene rings is 2. The monoisotopic (exact) mass is 527 g/mol. The van der Waals surface area contributed by atoms with Crippen molar-refractivity contribution >= 4 is 35.5 Å². The van der Waals surface area contributed by atoms with Crippen molar-refractivity contribution in [3.05, 3.63) is 60.4 Å². The van der Waals surface area contributed by atoms with Crippen LogP contribution >= 0.6 is 7.75 Å². The largest absolute Gasteiger partial charge is 0.459 e. The number of nitrogens with two attached hydrogens (primary N) is 1. The van der Waals surface area contributed by atoms with Gasteiger partial charge in [-0.2, -0.15) is 0 Å². The van der Waals surface area contributed by atoms with E-state index in [0.717, 1.165) is 16.4 Å². The highest BCUT2D eigenvalue weighted by Crippen LogP contribution is 2.46. The van der Waals surface area contributed by atoms with E-state index in [1.807, 2.05) is 67.8 Å². The molecule has 0 unspecified atom stereocenters. The predicted octanol–water partition coefficient (Wildman–Crippen LogP) is 4.92. The summed E-state index contributed by atoms with van der Waals surface area (Å²) in [6.07, 6.45) is -0.539. The normalized spacial score (nSPS) is 15.0. The SMILES string of the molecule is CCOCc1nc2c(N)nc3ccccc3c2n1C[C@@H](C)O[P@](=O)(N[C@@H](C)COC)Oc1ccccc1. The number of nitrogens with one attached hydrogen (secondary N) is 1. The van der Waals surface area contributed by atoms with E-state index >= 15 is 0 Å². The number of ether oxygens (including phenoxy) is 2. The highest BCUT2D eigenvalue weighted by molar-refractivity contribution is 7.52. The molecule has 0 amide bonds. The van der Waals surface area contributed by atoms with Gasteiger partial charge < -0.3 is 24.3 Å². The molecule has 2 aromatic carbocycles. The van der Waals surface area contributed by atoms with Gasteiger partial charge >= 0.3 is 7.75 Å². The zero-order valence-corrected chi connectivity index (χ0v) is 22.5. The van der Waals surface area contributed by atoms with Gasteiger partial charge in [-0.05, 0) is 39.0 Å². The summed E-state index contributed by atoms with van der Waals surface area (Å²) in [7, 11) is -2.20. The smallest absolute Gasteiger partial charge is 0.413 e. The minimum atomic E-state index is -3.79. The summed E-state index contributed by atoms with van der Waals surface area (Å²) in [5, 5.41) is 3.89. The molecule has 0 spiro atoms. The van der Waals surface area contributed by atoms with Crippen molar-refractivity contribution in [1.82, 2.24) is 19.6 Å². The van der Waals surface area contributed by atoms with Crippen LogP contribution in [0.3, 0.4) is 0 Å². The van der Waals surface area contributed by atoms with E-state index in [2.05, 4.69) is 10.1 Å². The third-order valence-corrected chi connectivity index (χ3v) is 7.49. The lowest BCUT2D eigenvalue weighted by Gasteiger charge is -2.26. The lowest BCUT2D eigenvalue weighted by atomic mass is 10.2. The molecule has 37 heavy (non-hydrogen) atoms. The van der Waals surface area contributed by atoms with Crippen molar-refractivity contribution in [2.45, 2.75) is 46.1 Å². The van der Waals surface area contributed by atoms with E-state index < -0.39 is 13.9 Å². The quantitative estimate of drug-likeness (QED) is 0.233. The van der Waals surface area contributed by atoms with E-state index in [4.69, 9.17) is 29.2 Å². The molecule has 0 saturated carbocycles. The summed E-state index contributed by atoms with van der Waals surface area (Å²) >= 11 is 0. The van der Waals surface area contributed by atoms with Crippen molar-refractivity contribution in [2.75, 3.05) is 26.1 Å². The third kappa shape index (κ3) is 6.47. The molecule has 0 bridgehead atoms. The second kappa shape index (κ2) is 12.0. The van der Waals surface area contributed by atoms with Crippen LogP contribution in [0, 0.1) is 0 Å². The second-order valence-corrected chi connectivity index (χ2v) is 10.4. The first-order chi connectivity index (χ1) is 17.8. The number of pyridine rings is 1. The van der Waals surface area contributed by atoms with Gasteiger partial charge in [-0.3, -0.25) is 4.52 Å². The molecule has 10 nitrogen and oxygen atoms in total. The molecule has 3 N–H and O–H groups in total. The standard InChI is InChI=1S/C26H34N5O5P/c1-5-34-17-23-29-24-25(21-13-9-10-14-22(21)28-26(24)27)31(23)15-19(3)35-37(32,30-18(2)16-33-4)36-20-11-7-6-8-12-20/h6-14,18-19H,5,15-17H2,1-4H3,(H2,27,28)(H,30,32)/t18-,19+,37+/m0/s1. The number of imidazole rings is 1. The Morgan fingerprint density at radius 3 is 2.54 bits per heavy atom. The molecule has 11 heteroatoms. The molecule has 0 aliphatic carbocycles. The first-order valence-electron chi connectivity index (χ1n) is 12.2. The van der Waals surface area contributed by atoms with Gasteiger partial charge in [-0.1, -0.05) is 36.4 Å². The number of nitrogen functional groups attached to an aromatic ring is 1. The summed E-state index contributed by atoms with van der Waals surface area (Å²) in [4.78, 5) is 9.27. The van der Waals surface area contributed by atoms with E-state index in [1.165, 1.54) is 0 Å². The van der Waals surface area contributed by atoms with Crippen LogP contribution in [0.5, 0.6) is 5.75 Å². The average Bonchev–Trinajstić information content (AvgIpc) is 3.22. The fourth-order valence-electron chi connectivity index (χ4n) is 4.19. The summed E-state index contributed by atoms with van der Waals surface area (Å²) in [5.41, 5.74) is 8.47. The Morgan fingerprint density at radius 2 is 1.81 bits per heavy atom. The number of para-hydroxylation sites is 2. The maximum atomic E-state index is 13.9. The van der Waals surface area contributed by atoms with E-state index in [1.54, 1.807) is 19.2 Å². The number of rotatable bonds is 13. The average molecular weight is 528 g/mol. The molecule has 4 aromatic rings. The van der Waals surface area contributed by atoms with Gasteiger partial charge in [-0.25, -0.2) is 19.6 Å². The van der Waals surface area contributed by atoms with Gasteiger partial charge in [0.1, 0.15) is 23.7 Å². The van der Waals surface area contributed by atoms with Crippen LogP contribution < -0.4 is 15.3 Å². The highest BCUT2D eigenvalue weighted by atomic mass is 31.2. The summed E-state index contributed by atoms with van der Waals surface area (Å²) in [6, 6.07) is 16.4. The molecule has 0 aliphatic rings. The molecular formula is C26H34N5O5P. The van der Waals surface area contributed by atoms with Crippen LogP contribution in [0.15, 0.2) is 54.6 Å². The van der Waals surface area contributed by atoms with Crippen LogP contribution in [-0.4, -0.2) is 47.0 Å². The lowest BCUT2D eigenvalue weighted by Crippen LogP contribution is -2.32. The van der Waals surface area contributed by atoms with Gasteiger partial charge in [-0.15, -0.1) is 0 Å². The lowest BCUT2D eigenvalue weighted by molar-refractivity contribution is 0.120. The summed E-state index contributed by atoms with van der Waals surface area (Å²) in [5.74, 6) is 1.45. The van der Waals surface area contributed by atoms with Crippen molar-refractivity contribution in [3.63, 3.8) is 0 Å².